The van der Waals surface area contributed by atoms with Crippen LogP contribution in [0.2, 0.25) is 0 Å². The van der Waals surface area contributed by atoms with Crippen LogP contribution < -0.4 is 17.0 Å². The molecular weight excluding hydrogens is 174 g/mol. The normalized spacial score (nSPS) is 11.6. The smallest absolute Gasteiger partial charge is 0.203 e. The zero-order chi connectivity index (χ0) is 8.81. The molecule has 1 aromatic heterocycles. The number of nitrogens with one attached hydrogen (secondary N) is 1. The first kappa shape index (κ1) is 8.95. The number of nitrogens with zero attached hydrogens (tertiary/aromatic N) is 2. The van der Waals surface area contributed by atoms with Gasteiger partial charge in [-0.2, -0.15) is 0 Å². The van der Waals surface area contributed by atoms with Crippen LogP contribution in [0, 0.1) is 0 Å². The van der Waals surface area contributed by atoms with Crippen molar-refractivity contribution in [1.29, 1.82) is 0 Å². The third-order valence-corrected chi connectivity index (χ3v) is 2.08. The van der Waals surface area contributed by atoms with Crippen molar-refractivity contribution < 1.29 is 0 Å². The molecule has 0 saturated heterocycles. The number of rotatable bonds is 3. The Bertz CT molecular complexity index is 242. The Morgan fingerprint density at radius 1 is 1.75 bits per heavy atom. The van der Waals surface area contributed by atoms with Crippen molar-refractivity contribution in [3.05, 3.63) is 16.6 Å². The quantitative estimate of drug-likeness (QED) is 0.255. The van der Waals surface area contributed by atoms with Crippen molar-refractivity contribution in [3.8, 4) is 0 Å². The average Bonchev–Trinajstić information content (AvgIpc) is 2.57. The minimum Gasteiger partial charge on any atom is -0.369 e. The van der Waals surface area contributed by atoms with Crippen LogP contribution in [0.3, 0.4) is 0 Å². The van der Waals surface area contributed by atoms with E-state index in [0.29, 0.717) is 6.54 Å². The highest BCUT2D eigenvalue weighted by Gasteiger charge is 1.93. The van der Waals surface area contributed by atoms with Gasteiger partial charge in [0.15, 0.2) is 0 Å². The van der Waals surface area contributed by atoms with Gasteiger partial charge in [-0.25, -0.2) is 10.8 Å². The van der Waals surface area contributed by atoms with E-state index < -0.39 is 0 Å². The number of aromatic nitrogens is 1. The van der Waals surface area contributed by atoms with E-state index in [9.17, 15) is 0 Å². The molecular formula is C6H11N5S. The van der Waals surface area contributed by atoms with Crippen molar-refractivity contribution in [1.82, 2.24) is 10.4 Å². The molecule has 1 aromatic rings. The average molecular weight is 185 g/mol. The first-order valence-corrected chi connectivity index (χ1v) is 4.36. The highest BCUT2D eigenvalue weighted by atomic mass is 32.1. The summed E-state index contributed by atoms with van der Waals surface area (Å²) in [5.74, 6) is 5.27. The van der Waals surface area contributed by atoms with E-state index in [2.05, 4.69) is 15.4 Å². The maximum absolute atomic E-state index is 5.31. The standard InChI is InChI=1S/C6H11N5S/c7-6(11-8)10-2-1-5-9-3-4-12-5/h3-4H,1-2,8H2,(H3,7,10,11). The molecule has 0 aliphatic rings. The van der Waals surface area contributed by atoms with Gasteiger partial charge in [0.1, 0.15) is 0 Å². The summed E-state index contributed by atoms with van der Waals surface area (Å²) in [6.45, 7) is 0.615. The zero-order valence-corrected chi connectivity index (χ0v) is 7.34. The van der Waals surface area contributed by atoms with Gasteiger partial charge in [0.05, 0.1) is 5.01 Å². The highest BCUT2D eigenvalue weighted by molar-refractivity contribution is 7.09. The number of hydrogen-bond donors (Lipinski definition) is 3. The molecule has 0 radical (unpaired) electrons. The Labute approximate surface area is 74.5 Å². The largest absolute Gasteiger partial charge is 0.369 e. The van der Waals surface area contributed by atoms with Crippen LogP contribution >= 0.6 is 11.3 Å². The van der Waals surface area contributed by atoms with Gasteiger partial charge in [-0.1, -0.05) is 0 Å². The van der Waals surface area contributed by atoms with Crippen LogP contribution in [0.1, 0.15) is 5.01 Å². The second-order valence-electron chi connectivity index (χ2n) is 2.09. The van der Waals surface area contributed by atoms with Gasteiger partial charge in [-0.15, -0.1) is 11.3 Å². The molecule has 0 saturated carbocycles. The monoisotopic (exact) mass is 185 g/mol. The van der Waals surface area contributed by atoms with Gasteiger partial charge >= 0.3 is 0 Å². The summed E-state index contributed by atoms with van der Waals surface area (Å²) < 4.78 is 0. The van der Waals surface area contributed by atoms with Gasteiger partial charge in [0, 0.05) is 24.5 Å². The van der Waals surface area contributed by atoms with E-state index in [-0.39, 0.29) is 5.96 Å². The Morgan fingerprint density at radius 2 is 2.58 bits per heavy atom. The van der Waals surface area contributed by atoms with Crippen LogP contribution in [0.4, 0.5) is 0 Å². The Balaban J connectivity index is 2.28. The number of hydrogen-bond acceptors (Lipinski definition) is 4. The minimum absolute atomic E-state index is 0.256. The van der Waals surface area contributed by atoms with Crippen LogP contribution in [0.15, 0.2) is 16.6 Å². The minimum atomic E-state index is 0.256. The van der Waals surface area contributed by atoms with Crippen molar-refractivity contribution in [2.24, 2.45) is 16.6 Å². The molecule has 0 atom stereocenters. The summed E-state index contributed by atoms with van der Waals surface area (Å²) in [5, 5.41) is 2.99. The van der Waals surface area contributed by atoms with Gasteiger partial charge in [-0.05, 0) is 0 Å². The fourth-order valence-electron chi connectivity index (χ4n) is 0.694. The maximum Gasteiger partial charge on any atom is 0.203 e. The molecule has 0 fully saturated rings. The van der Waals surface area contributed by atoms with E-state index >= 15 is 0 Å². The van der Waals surface area contributed by atoms with Crippen molar-refractivity contribution in [3.63, 3.8) is 0 Å². The molecule has 0 aromatic carbocycles. The van der Waals surface area contributed by atoms with Crippen molar-refractivity contribution in [2.45, 2.75) is 6.42 Å². The predicted octanol–water partition coefficient (Wildman–Crippen LogP) is -0.536. The molecule has 0 aliphatic carbocycles. The Hall–Kier alpha value is -1.14. The highest BCUT2D eigenvalue weighted by Crippen LogP contribution is 2.03. The Kier molecular flexibility index (Phi) is 3.49. The van der Waals surface area contributed by atoms with E-state index in [1.807, 2.05) is 5.38 Å². The SMILES string of the molecule is NNC(N)=NCCc1nccs1. The number of guanidine groups is 1. The molecule has 5 N–H and O–H groups in total. The van der Waals surface area contributed by atoms with Crippen LogP contribution in [0.25, 0.3) is 0 Å². The topological polar surface area (TPSA) is 89.3 Å². The summed E-state index contributed by atoms with van der Waals surface area (Å²) in [6.07, 6.45) is 2.58. The van der Waals surface area contributed by atoms with Gasteiger partial charge in [-0.3, -0.25) is 10.4 Å². The first-order valence-electron chi connectivity index (χ1n) is 3.48. The Morgan fingerprint density at radius 3 is 3.17 bits per heavy atom. The molecule has 1 heterocycles. The fourth-order valence-corrected chi connectivity index (χ4v) is 1.30. The number of aliphatic imine (C=N–C) groups is 1. The molecule has 0 unspecified atom stereocenters. The van der Waals surface area contributed by atoms with Crippen molar-refractivity contribution in [2.75, 3.05) is 6.54 Å². The lowest BCUT2D eigenvalue weighted by Crippen LogP contribution is -2.37. The van der Waals surface area contributed by atoms with E-state index in [1.54, 1.807) is 17.5 Å². The second kappa shape index (κ2) is 4.68. The van der Waals surface area contributed by atoms with Crippen LogP contribution in [0.5, 0.6) is 0 Å². The zero-order valence-electron chi connectivity index (χ0n) is 6.53. The summed E-state index contributed by atoms with van der Waals surface area (Å²) in [5.41, 5.74) is 7.57. The molecule has 66 valence electrons. The summed E-state index contributed by atoms with van der Waals surface area (Å²) in [4.78, 5) is 8.04. The predicted molar refractivity (Wildman–Crippen MR) is 49.6 cm³/mol. The van der Waals surface area contributed by atoms with Crippen LogP contribution in [-0.2, 0) is 6.42 Å². The molecule has 0 amide bonds. The lowest BCUT2D eigenvalue weighted by atomic mass is 10.4. The fraction of sp³-hybridized carbons (Fsp3) is 0.333. The number of nitrogens with two attached hydrogens (primary N) is 2. The molecule has 1 rings (SSSR count). The van der Waals surface area contributed by atoms with Gasteiger partial charge in [0.25, 0.3) is 0 Å². The third kappa shape index (κ3) is 2.85. The lowest BCUT2D eigenvalue weighted by Gasteiger charge is -1.96. The van der Waals surface area contributed by atoms with Crippen molar-refractivity contribution >= 4 is 17.3 Å². The molecule has 0 aliphatic heterocycles. The number of thiazole rings is 1. The van der Waals surface area contributed by atoms with E-state index in [0.717, 1.165) is 11.4 Å². The third-order valence-electron chi connectivity index (χ3n) is 1.24. The van der Waals surface area contributed by atoms with Gasteiger partial charge in [0.2, 0.25) is 5.96 Å². The molecule has 6 heteroatoms. The molecule has 0 spiro atoms. The van der Waals surface area contributed by atoms with Crippen LogP contribution in [-0.4, -0.2) is 17.5 Å². The maximum atomic E-state index is 5.31. The summed E-state index contributed by atoms with van der Waals surface area (Å²) >= 11 is 1.61. The second-order valence-corrected chi connectivity index (χ2v) is 3.07. The summed E-state index contributed by atoms with van der Waals surface area (Å²) in [6, 6.07) is 0. The summed E-state index contributed by atoms with van der Waals surface area (Å²) in [7, 11) is 0. The molecule has 12 heavy (non-hydrogen) atoms. The molecule has 0 bridgehead atoms. The first-order chi connectivity index (χ1) is 5.83. The number of hydrazine groups is 1. The van der Waals surface area contributed by atoms with E-state index in [1.165, 1.54) is 0 Å². The lowest BCUT2D eigenvalue weighted by molar-refractivity contribution is 0.915. The van der Waals surface area contributed by atoms with E-state index in [4.69, 9.17) is 11.6 Å². The molecule has 5 nitrogen and oxygen atoms in total. The van der Waals surface area contributed by atoms with Gasteiger partial charge < -0.3 is 5.73 Å².